The van der Waals surface area contributed by atoms with E-state index in [4.69, 9.17) is 9.47 Å². The molecule has 0 aliphatic carbocycles. The summed E-state index contributed by atoms with van der Waals surface area (Å²) in [6, 6.07) is 14.6. The zero-order valence-electron chi connectivity index (χ0n) is 23.8. The van der Waals surface area contributed by atoms with Gasteiger partial charge in [-0.3, -0.25) is 19.1 Å². The number of ether oxygens (including phenoxy) is 2. The molecule has 1 aliphatic rings. The van der Waals surface area contributed by atoms with Crippen LogP contribution < -0.4 is 21.3 Å². The van der Waals surface area contributed by atoms with Gasteiger partial charge in [-0.2, -0.15) is 0 Å². The van der Waals surface area contributed by atoms with Crippen LogP contribution in [0.5, 0.6) is 5.75 Å². The van der Waals surface area contributed by atoms with Gasteiger partial charge < -0.3 is 19.8 Å². The quantitative estimate of drug-likeness (QED) is 0.332. The van der Waals surface area contributed by atoms with Crippen LogP contribution in [0.1, 0.15) is 33.5 Å². The smallest absolute Gasteiger partial charge is 0.328 e. The molecule has 42 heavy (non-hydrogen) atoms. The van der Waals surface area contributed by atoms with Gasteiger partial charge in [0.1, 0.15) is 17.1 Å². The largest absolute Gasteiger partial charge is 0.496 e. The SMILES string of the molecule is COc1cc(-c2cccc(-c3cccc(NC(=O)c4c[nH]c(=O)n(C)c4=O)c3C)c2C)cc(F)c1CN=C1CCOC1. The first-order chi connectivity index (χ1) is 20.2. The zero-order valence-corrected chi connectivity index (χ0v) is 23.8. The van der Waals surface area contributed by atoms with Crippen LogP contribution >= 0.6 is 0 Å². The summed E-state index contributed by atoms with van der Waals surface area (Å²) in [5.41, 5.74) is 5.30. The molecule has 10 heteroatoms. The molecule has 0 atom stereocenters. The van der Waals surface area contributed by atoms with Gasteiger partial charge in [0.05, 0.1) is 32.4 Å². The van der Waals surface area contributed by atoms with Gasteiger partial charge in [0.15, 0.2) is 0 Å². The highest BCUT2D eigenvalue weighted by Gasteiger charge is 2.19. The summed E-state index contributed by atoms with van der Waals surface area (Å²) in [4.78, 5) is 44.0. The first-order valence-electron chi connectivity index (χ1n) is 13.5. The van der Waals surface area contributed by atoms with Crippen molar-refractivity contribution in [2.75, 3.05) is 25.6 Å². The van der Waals surface area contributed by atoms with Crippen LogP contribution in [-0.2, 0) is 18.3 Å². The molecule has 0 saturated carbocycles. The number of nitrogens with one attached hydrogen (secondary N) is 2. The molecule has 9 nitrogen and oxygen atoms in total. The Balaban J connectivity index is 1.48. The maximum absolute atomic E-state index is 15.4. The Labute approximate surface area is 241 Å². The van der Waals surface area contributed by atoms with E-state index in [2.05, 4.69) is 15.3 Å². The molecule has 1 saturated heterocycles. The Bertz CT molecular complexity index is 1830. The number of carbonyl (C=O) groups is 1. The number of carbonyl (C=O) groups excluding carboxylic acids is 1. The lowest BCUT2D eigenvalue weighted by Crippen LogP contribution is -2.37. The van der Waals surface area contributed by atoms with Crippen LogP contribution in [0.15, 0.2) is 69.3 Å². The highest BCUT2D eigenvalue weighted by molar-refractivity contribution is 6.04. The summed E-state index contributed by atoms with van der Waals surface area (Å²) in [6.45, 7) is 5.12. The van der Waals surface area contributed by atoms with Crippen LogP contribution in [0, 0.1) is 19.7 Å². The monoisotopic (exact) mass is 570 g/mol. The number of amides is 1. The van der Waals surface area contributed by atoms with E-state index in [1.54, 1.807) is 6.07 Å². The van der Waals surface area contributed by atoms with Crippen LogP contribution in [-0.4, -0.2) is 41.5 Å². The van der Waals surface area contributed by atoms with Crippen LogP contribution in [0.2, 0.25) is 0 Å². The number of benzene rings is 3. The molecule has 1 aliphatic heterocycles. The minimum atomic E-state index is -0.692. The fourth-order valence-electron chi connectivity index (χ4n) is 5.09. The van der Waals surface area contributed by atoms with Crippen molar-refractivity contribution in [3.05, 3.63) is 104 Å². The summed E-state index contributed by atoms with van der Waals surface area (Å²) in [5, 5.41) is 2.79. The van der Waals surface area contributed by atoms with Gasteiger partial charge in [0.2, 0.25) is 0 Å². The van der Waals surface area contributed by atoms with Crippen LogP contribution in [0.4, 0.5) is 10.1 Å². The number of aromatic amines is 1. The van der Waals surface area contributed by atoms with Gasteiger partial charge in [-0.15, -0.1) is 0 Å². The number of aromatic nitrogens is 2. The predicted octanol–water partition coefficient (Wildman–Crippen LogP) is 4.79. The number of nitrogens with zero attached hydrogens (tertiary/aromatic N) is 2. The van der Waals surface area contributed by atoms with Crippen molar-refractivity contribution in [3.8, 4) is 28.0 Å². The molecule has 5 rings (SSSR count). The normalized spacial score (nSPS) is 13.9. The Hall–Kier alpha value is -4.83. The first-order valence-corrected chi connectivity index (χ1v) is 13.5. The molecule has 0 spiro atoms. The number of anilines is 1. The van der Waals surface area contributed by atoms with Crippen molar-refractivity contribution in [2.24, 2.45) is 12.0 Å². The Morgan fingerprint density at radius 3 is 2.52 bits per heavy atom. The lowest BCUT2D eigenvalue weighted by atomic mass is 9.90. The number of rotatable bonds is 7. The minimum Gasteiger partial charge on any atom is -0.496 e. The summed E-state index contributed by atoms with van der Waals surface area (Å²) in [6.07, 6.45) is 1.87. The maximum Gasteiger partial charge on any atom is 0.328 e. The van der Waals surface area contributed by atoms with Gasteiger partial charge in [0, 0.05) is 31.1 Å². The van der Waals surface area contributed by atoms with Crippen molar-refractivity contribution in [1.82, 2.24) is 9.55 Å². The van der Waals surface area contributed by atoms with Gasteiger partial charge in [-0.1, -0.05) is 30.3 Å². The summed E-state index contributed by atoms with van der Waals surface area (Å²) in [5.74, 6) is -0.607. The van der Waals surface area contributed by atoms with E-state index in [0.29, 0.717) is 35.8 Å². The number of methoxy groups -OCH3 is 1. The van der Waals surface area contributed by atoms with E-state index in [9.17, 15) is 14.4 Å². The van der Waals surface area contributed by atoms with E-state index in [0.717, 1.165) is 50.7 Å². The molecule has 3 aromatic carbocycles. The molecular weight excluding hydrogens is 539 g/mol. The second-order valence-electron chi connectivity index (χ2n) is 10.1. The molecule has 0 radical (unpaired) electrons. The lowest BCUT2D eigenvalue weighted by molar-refractivity contribution is 0.102. The Morgan fingerprint density at radius 2 is 1.81 bits per heavy atom. The highest BCUT2D eigenvalue weighted by atomic mass is 19.1. The van der Waals surface area contributed by atoms with Crippen molar-refractivity contribution in [2.45, 2.75) is 26.8 Å². The van der Waals surface area contributed by atoms with Crippen molar-refractivity contribution in [3.63, 3.8) is 0 Å². The third-order valence-corrected chi connectivity index (χ3v) is 7.58. The average molecular weight is 571 g/mol. The number of halogens is 1. The number of H-pyrrole nitrogens is 1. The van der Waals surface area contributed by atoms with E-state index >= 15 is 4.39 Å². The standard InChI is InChI=1S/C32H31FN4O5/c1-18-22(20-13-27(33)25(29(14-20)41-4)15-34-21-11-12-42-17-21)7-5-8-23(18)24-9-6-10-28(19(24)2)36-30(38)26-16-35-32(40)37(3)31(26)39/h5-10,13-14,16H,11-12,15,17H2,1-4H3,(H,35,40)(H,36,38). The molecule has 1 amide bonds. The second kappa shape index (κ2) is 12.0. The number of hydrogen-bond donors (Lipinski definition) is 2. The van der Waals surface area contributed by atoms with E-state index < -0.39 is 23.0 Å². The van der Waals surface area contributed by atoms with E-state index in [1.807, 2.05) is 50.2 Å². The van der Waals surface area contributed by atoms with Crippen molar-refractivity contribution in [1.29, 1.82) is 0 Å². The minimum absolute atomic E-state index is 0.176. The molecule has 0 bridgehead atoms. The summed E-state index contributed by atoms with van der Waals surface area (Å²) in [7, 11) is 2.82. The van der Waals surface area contributed by atoms with E-state index in [1.165, 1.54) is 20.2 Å². The molecule has 1 aromatic heterocycles. The van der Waals surface area contributed by atoms with Crippen molar-refractivity contribution < 1.29 is 18.7 Å². The summed E-state index contributed by atoms with van der Waals surface area (Å²) < 4.78 is 27.1. The fourth-order valence-corrected chi connectivity index (χ4v) is 5.09. The van der Waals surface area contributed by atoms with Crippen LogP contribution in [0.3, 0.4) is 0 Å². The zero-order chi connectivity index (χ0) is 30.0. The molecule has 216 valence electrons. The van der Waals surface area contributed by atoms with E-state index in [-0.39, 0.29) is 12.1 Å². The number of hydrogen-bond acceptors (Lipinski definition) is 6. The third kappa shape index (κ3) is 5.53. The molecule has 2 N–H and O–H groups in total. The number of aliphatic imine (C=N–C) groups is 1. The predicted molar refractivity (Wildman–Crippen MR) is 160 cm³/mol. The highest BCUT2D eigenvalue weighted by Crippen LogP contribution is 2.38. The van der Waals surface area contributed by atoms with Gasteiger partial charge in [-0.05, 0) is 65.4 Å². The second-order valence-corrected chi connectivity index (χ2v) is 10.1. The lowest BCUT2D eigenvalue weighted by Gasteiger charge is -2.18. The fraction of sp³-hybridized carbons (Fsp3) is 0.250. The first kappa shape index (κ1) is 28.7. The van der Waals surface area contributed by atoms with Crippen LogP contribution in [0.25, 0.3) is 22.3 Å². The van der Waals surface area contributed by atoms with Gasteiger partial charge >= 0.3 is 5.69 Å². The topological polar surface area (TPSA) is 115 Å². The Morgan fingerprint density at radius 1 is 1.10 bits per heavy atom. The maximum atomic E-state index is 15.4. The van der Waals surface area contributed by atoms with Gasteiger partial charge in [-0.25, -0.2) is 9.18 Å². The summed E-state index contributed by atoms with van der Waals surface area (Å²) >= 11 is 0. The Kier molecular flexibility index (Phi) is 8.17. The third-order valence-electron chi connectivity index (χ3n) is 7.58. The average Bonchev–Trinajstić information content (AvgIpc) is 3.50. The van der Waals surface area contributed by atoms with Gasteiger partial charge in [0.25, 0.3) is 11.5 Å². The van der Waals surface area contributed by atoms with Crippen molar-refractivity contribution >= 4 is 17.3 Å². The molecule has 1 fully saturated rings. The molecule has 0 unspecified atom stereocenters. The molecular formula is C32H31FN4O5. The molecule has 2 heterocycles. The molecule has 4 aromatic rings.